The number of fused-ring (bicyclic) bond motifs is 1. The monoisotopic (exact) mass is 335 g/mol. The van der Waals surface area contributed by atoms with Crippen molar-refractivity contribution < 1.29 is 26.9 Å². The Morgan fingerprint density at radius 2 is 2.17 bits per heavy atom. The number of oxazole rings is 1. The lowest BCUT2D eigenvalue weighted by Gasteiger charge is -2.23. The minimum Gasteiger partial charge on any atom is -0.465 e. The molecule has 0 saturated carbocycles. The molecule has 1 aliphatic carbocycles. The molecule has 7 nitrogen and oxygen atoms in total. The van der Waals surface area contributed by atoms with E-state index in [4.69, 9.17) is 4.42 Å². The first kappa shape index (κ1) is 15.4. The largest absolute Gasteiger partial charge is 0.465 e. The van der Waals surface area contributed by atoms with Crippen LogP contribution >= 0.6 is 0 Å². The second kappa shape index (κ2) is 5.32. The number of benzene rings is 1. The summed E-state index contributed by atoms with van der Waals surface area (Å²) in [6.07, 6.45) is 6.02. The van der Waals surface area contributed by atoms with Gasteiger partial charge >= 0.3 is 5.97 Å². The van der Waals surface area contributed by atoms with Gasteiger partial charge in [0.1, 0.15) is 5.52 Å². The third kappa shape index (κ3) is 2.36. The summed E-state index contributed by atoms with van der Waals surface area (Å²) in [5, 5.41) is 0. The zero-order chi connectivity index (χ0) is 16.7. The quantitative estimate of drug-likeness (QED) is 0.677. The average molecular weight is 335 g/mol. The maximum atomic E-state index is 11.9. The van der Waals surface area contributed by atoms with Crippen LogP contribution in [0, 0.1) is 0 Å². The van der Waals surface area contributed by atoms with Gasteiger partial charge in [-0.15, -0.1) is 0 Å². The number of carbonyl (C=O) groups excluding carboxylic acids is 1. The number of nitrogens with zero attached hydrogens (tertiary/aromatic N) is 1. The minimum atomic E-state index is -4.54. The van der Waals surface area contributed by atoms with E-state index in [1.165, 1.54) is 25.3 Å². The zero-order valence-electron chi connectivity index (χ0n) is 12.1. The van der Waals surface area contributed by atoms with Gasteiger partial charge in [-0.3, -0.25) is 4.55 Å². The Morgan fingerprint density at radius 1 is 1.39 bits per heavy atom. The maximum Gasteiger partial charge on any atom is 0.340 e. The zero-order valence-corrected chi connectivity index (χ0v) is 12.9. The summed E-state index contributed by atoms with van der Waals surface area (Å²) in [5.41, 5.74) is 0.565. The van der Waals surface area contributed by atoms with Gasteiger partial charge in [-0.1, -0.05) is 30.4 Å². The fourth-order valence-corrected chi connectivity index (χ4v) is 3.33. The van der Waals surface area contributed by atoms with E-state index in [9.17, 15) is 17.8 Å². The summed E-state index contributed by atoms with van der Waals surface area (Å²) in [7, 11) is -3.30. The third-order valence-corrected chi connectivity index (χ3v) is 5.08. The Balaban J connectivity index is 2.26. The first-order chi connectivity index (χ1) is 10.9. The SMILES string of the molecule is COC(=O)c1cccc2oc(C3(S(=O)(=O)O)C=CC=CC3)nc12. The van der Waals surface area contributed by atoms with Gasteiger partial charge < -0.3 is 9.15 Å². The van der Waals surface area contributed by atoms with Gasteiger partial charge in [0.15, 0.2) is 10.3 Å². The molecule has 1 aromatic carbocycles. The molecule has 120 valence electrons. The predicted molar refractivity (Wildman–Crippen MR) is 81.5 cm³/mol. The summed E-state index contributed by atoms with van der Waals surface area (Å²) in [5.74, 6) is -0.817. The smallest absolute Gasteiger partial charge is 0.340 e. The highest BCUT2D eigenvalue weighted by Gasteiger charge is 2.47. The molecule has 2 aromatic rings. The van der Waals surface area contributed by atoms with Crippen molar-refractivity contribution in [3.63, 3.8) is 0 Å². The van der Waals surface area contributed by atoms with E-state index in [1.54, 1.807) is 24.3 Å². The normalized spacial score (nSPS) is 20.8. The molecule has 0 spiro atoms. The number of rotatable bonds is 3. The van der Waals surface area contributed by atoms with Crippen LogP contribution in [0.1, 0.15) is 22.7 Å². The van der Waals surface area contributed by atoms with E-state index < -0.39 is 20.8 Å². The molecule has 1 unspecified atom stereocenters. The van der Waals surface area contributed by atoms with Crippen molar-refractivity contribution in [2.45, 2.75) is 11.2 Å². The molecule has 1 heterocycles. The fourth-order valence-electron chi connectivity index (χ4n) is 2.47. The van der Waals surface area contributed by atoms with Gasteiger partial charge in [-0.05, 0) is 12.1 Å². The summed E-state index contributed by atoms with van der Waals surface area (Å²) in [6, 6.07) is 4.62. The summed E-state index contributed by atoms with van der Waals surface area (Å²) in [4.78, 5) is 15.9. The Morgan fingerprint density at radius 3 is 2.78 bits per heavy atom. The summed E-state index contributed by atoms with van der Waals surface area (Å²) in [6.45, 7) is 0. The van der Waals surface area contributed by atoms with Crippen LogP contribution in [-0.2, 0) is 19.6 Å². The van der Waals surface area contributed by atoms with Crippen LogP contribution in [0.15, 0.2) is 46.9 Å². The average Bonchev–Trinajstić information content (AvgIpc) is 2.98. The first-order valence-electron chi connectivity index (χ1n) is 6.69. The van der Waals surface area contributed by atoms with Crippen LogP contribution in [0.4, 0.5) is 0 Å². The highest BCUT2D eigenvalue weighted by atomic mass is 32.2. The van der Waals surface area contributed by atoms with Crippen molar-refractivity contribution >= 4 is 27.2 Å². The molecule has 0 radical (unpaired) electrons. The molecule has 23 heavy (non-hydrogen) atoms. The lowest BCUT2D eigenvalue weighted by molar-refractivity contribution is 0.0602. The second-order valence-electron chi connectivity index (χ2n) is 5.02. The molecule has 8 heteroatoms. The number of aromatic nitrogens is 1. The van der Waals surface area contributed by atoms with Crippen LogP contribution < -0.4 is 0 Å². The highest BCUT2D eigenvalue weighted by molar-refractivity contribution is 7.87. The van der Waals surface area contributed by atoms with Crippen molar-refractivity contribution in [2.24, 2.45) is 0 Å². The Bertz CT molecular complexity index is 940. The summed E-state index contributed by atoms with van der Waals surface area (Å²) >= 11 is 0. The topological polar surface area (TPSA) is 107 Å². The number of esters is 1. The molecule has 0 saturated heterocycles. The number of methoxy groups -OCH3 is 1. The standard InChI is InChI=1S/C15H13NO6S/c1-21-13(17)10-6-5-7-11-12(10)16-14(22-11)15(23(18,19)20)8-3-2-4-9-15/h2-8H,9H2,1H3,(H,18,19,20). The molecule has 1 aromatic heterocycles. The predicted octanol–water partition coefficient (Wildman–Crippen LogP) is 2.21. The molecular formula is C15H13NO6S. The van der Waals surface area contributed by atoms with Crippen LogP contribution in [0.25, 0.3) is 11.1 Å². The Kier molecular flexibility index (Phi) is 3.57. The molecule has 1 N–H and O–H groups in total. The van der Waals surface area contributed by atoms with Crippen LogP contribution in [0.2, 0.25) is 0 Å². The number of para-hydroxylation sites is 1. The molecule has 3 rings (SSSR count). The van der Waals surface area contributed by atoms with Crippen LogP contribution in [0.5, 0.6) is 0 Å². The van der Waals surface area contributed by atoms with Crippen molar-refractivity contribution in [3.05, 3.63) is 54.0 Å². The molecule has 0 aliphatic heterocycles. The Labute approximate surface area is 132 Å². The number of allylic oxidation sites excluding steroid dienone is 3. The number of ether oxygens (including phenoxy) is 1. The van der Waals surface area contributed by atoms with Gasteiger partial charge in [0.25, 0.3) is 10.1 Å². The van der Waals surface area contributed by atoms with Gasteiger partial charge in [-0.25, -0.2) is 9.78 Å². The third-order valence-electron chi connectivity index (χ3n) is 3.68. The molecule has 1 atom stereocenters. The van der Waals surface area contributed by atoms with E-state index >= 15 is 0 Å². The number of carbonyl (C=O) groups is 1. The molecule has 1 aliphatic rings. The second-order valence-corrected chi connectivity index (χ2v) is 6.70. The lowest BCUT2D eigenvalue weighted by Crippen LogP contribution is -2.34. The van der Waals surface area contributed by atoms with Gasteiger partial charge in [-0.2, -0.15) is 8.42 Å². The van der Waals surface area contributed by atoms with E-state index in [1.807, 2.05) is 0 Å². The lowest BCUT2D eigenvalue weighted by atomic mass is 10.00. The van der Waals surface area contributed by atoms with E-state index in [0.29, 0.717) is 0 Å². The van der Waals surface area contributed by atoms with Gasteiger partial charge in [0.2, 0.25) is 5.89 Å². The van der Waals surface area contributed by atoms with Crippen molar-refractivity contribution in [1.82, 2.24) is 4.98 Å². The molecule has 0 fully saturated rings. The van der Waals surface area contributed by atoms with Crippen molar-refractivity contribution in [2.75, 3.05) is 7.11 Å². The molecule has 0 bridgehead atoms. The van der Waals surface area contributed by atoms with E-state index in [2.05, 4.69) is 9.72 Å². The minimum absolute atomic E-state index is 0.0251. The van der Waals surface area contributed by atoms with Crippen molar-refractivity contribution in [3.8, 4) is 0 Å². The van der Waals surface area contributed by atoms with Gasteiger partial charge in [0.05, 0.1) is 12.7 Å². The Hall–Kier alpha value is -2.45. The molecule has 0 amide bonds. The number of hydrogen-bond donors (Lipinski definition) is 1. The van der Waals surface area contributed by atoms with Crippen molar-refractivity contribution in [1.29, 1.82) is 0 Å². The molecular weight excluding hydrogens is 322 g/mol. The van der Waals surface area contributed by atoms with Crippen LogP contribution in [0.3, 0.4) is 0 Å². The van der Waals surface area contributed by atoms with E-state index in [0.717, 1.165) is 0 Å². The highest BCUT2D eigenvalue weighted by Crippen LogP contribution is 2.38. The maximum absolute atomic E-state index is 11.9. The summed E-state index contributed by atoms with van der Waals surface area (Å²) < 4.78 is 42.0. The first-order valence-corrected chi connectivity index (χ1v) is 8.13. The van der Waals surface area contributed by atoms with Gasteiger partial charge in [0, 0.05) is 6.42 Å². The number of hydrogen-bond acceptors (Lipinski definition) is 6. The van der Waals surface area contributed by atoms with E-state index in [-0.39, 0.29) is 29.0 Å². The van der Waals surface area contributed by atoms with Crippen LogP contribution in [-0.4, -0.2) is 31.0 Å². The fraction of sp³-hybridized carbons (Fsp3) is 0.200.